The van der Waals surface area contributed by atoms with Gasteiger partial charge in [-0.3, -0.25) is 0 Å². The zero-order valence-electron chi connectivity index (χ0n) is 8.08. The van der Waals surface area contributed by atoms with Crippen LogP contribution in [0.4, 0.5) is 5.69 Å². The quantitative estimate of drug-likeness (QED) is 0.787. The minimum Gasteiger partial charge on any atom is -0.381 e. The van der Waals surface area contributed by atoms with Gasteiger partial charge in [-0.05, 0) is 36.3 Å². The Hall–Kier alpha value is -0.890. The van der Waals surface area contributed by atoms with Crippen molar-refractivity contribution in [3.05, 3.63) is 41.3 Å². The molecule has 1 rings (SSSR count). The Labute approximate surface area is 84.2 Å². The minimum absolute atomic E-state index is 0.921. The average molecular weight is 193 g/mol. The lowest BCUT2D eigenvalue weighted by molar-refractivity contribution is 1.21. The molecule has 2 heteroatoms. The van der Waals surface area contributed by atoms with E-state index >= 15 is 0 Å². The molecular weight excluding hydrogens is 178 g/mol. The summed E-state index contributed by atoms with van der Waals surface area (Å²) in [4.78, 5) is 0. The zero-order valence-corrected chi connectivity index (χ0v) is 8.90. The van der Waals surface area contributed by atoms with Gasteiger partial charge in [0.1, 0.15) is 0 Å². The molecule has 13 heavy (non-hydrogen) atoms. The summed E-state index contributed by atoms with van der Waals surface area (Å²) in [5.74, 6) is 0. The van der Waals surface area contributed by atoms with Gasteiger partial charge in [0.05, 0.1) is 0 Å². The number of anilines is 1. The monoisotopic (exact) mass is 193 g/mol. The number of para-hydroxylation sites is 1. The Balaban J connectivity index is 2.39. The summed E-state index contributed by atoms with van der Waals surface area (Å²) in [6.45, 7) is 3.05. The summed E-state index contributed by atoms with van der Waals surface area (Å²) in [6.07, 6.45) is 2.08. The van der Waals surface area contributed by atoms with Crippen LogP contribution >= 0.6 is 11.8 Å². The summed E-state index contributed by atoms with van der Waals surface area (Å²) in [6, 6.07) is 10.3. The van der Waals surface area contributed by atoms with E-state index in [1.165, 1.54) is 11.3 Å². The summed E-state index contributed by atoms with van der Waals surface area (Å²) in [5.41, 5.74) is 2.53. The Morgan fingerprint density at radius 2 is 2.08 bits per heavy atom. The van der Waals surface area contributed by atoms with E-state index < -0.39 is 0 Å². The molecule has 0 aliphatic heterocycles. The van der Waals surface area contributed by atoms with Gasteiger partial charge in [-0.2, -0.15) is 0 Å². The van der Waals surface area contributed by atoms with Gasteiger partial charge < -0.3 is 5.32 Å². The fraction of sp³-hybridized carbons (Fsp3) is 0.273. The SMILES string of the molecule is CS/C=C(/C)CNc1ccccc1. The first-order valence-electron chi connectivity index (χ1n) is 4.30. The van der Waals surface area contributed by atoms with E-state index in [-0.39, 0.29) is 0 Å². The van der Waals surface area contributed by atoms with Crippen LogP contribution in [0.5, 0.6) is 0 Å². The number of thioether (sulfide) groups is 1. The molecule has 0 aliphatic carbocycles. The molecule has 0 saturated carbocycles. The first kappa shape index (κ1) is 10.2. The number of hydrogen-bond donors (Lipinski definition) is 1. The molecule has 0 unspecified atom stereocenters. The molecule has 0 aromatic heterocycles. The highest BCUT2D eigenvalue weighted by molar-refractivity contribution is 8.01. The second-order valence-electron chi connectivity index (χ2n) is 2.92. The number of benzene rings is 1. The van der Waals surface area contributed by atoms with E-state index in [0.717, 1.165) is 6.54 Å². The van der Waals surface area contributed by atoms with Crippen molar-refractivity contribution in [1.29, 1.82) is 0 Å². The third-order valence-electron chi connectivity index (χ3n) is 1.66. The molecule has 0 saturated heterocycles. The Morgan fingerprint density at radius 1 is 1.38 bits per heavy atom. The molecule has 1 N–H and O–H groups in total. The maximum atomic E-state index is 3.35. The van der Waals surface area contributed by atoms with Gasteiger partial charge >= 0.3 is 0 Å². The maximum absolute atomic E-state index is 3.35. The number of rotatable bonds is 4. The summed E-state index contributed by atoms with van der Waals surface area (Å²) < 4.78 is 0. The molecule has 0 heterocycles. The lowest BCUT2D eigenvalue weighted by Crippen LogP contribution is -2.01. The first-order valence-corrected chi connectivity index (χ1v) is 5.59. The molecule has 0 radical (unpaired) electrons. The molecule has 1 nitrogen and oxygen atoms in total. The van der Waals surface area contributed by atoms with Gasteiger partial charge in [-0.1, -0.05) is 18.2 Å². The standard InChI is InChI=1S/C11H15NS/c1-10(9-13-2)8-12-11-6-4-3-5-7-11/h3-7,9,12H,8H2,1-2H3/b10-9-. The second kappa shape index (κ2) is 5.70. The van der Waals surface area contributed by atoms with Gasteiger partial charge in [0, 0.05) is 12.2 Å². The zero-order chi connectivity index (χ0) is 9.52. The third kappa shape index (κ3) is 4.04. The van der Waals surface area contributed by atoms with E-state index in [0.29, 0.717) is 0 Å². The number of hydrogen-bond acceptors (Lipinski definition) is 2. The van der Waals surface area contributed by atoms with Crippen LogP contribution in [-0.4, -0.2) is 12.8 Å². The van der Waals surface area contributed by atoms with Gasteiger partial charge in [0.2, 0.25) is 0 Å². The van der Waals surface area contributed by atoms with Gasteiger partial charge in [-0.25, -0.2) is 0 Å². The van der Waals surface area contributed by atoms with Crippen LogP contribution in [0, 0.1) is 0 Å². The molecule has 0 aliphatic rings. The second-order valence-corrected chi connectivity index (χ2v) is 3.63. The largest absolute Gasteiger partial charge is 0.381 e. The van der Waals surface area contributed by atoms with Crippen LogP contribution in [0.1, 0.15) is 6.92 Å². The van der Waals surface area contributed by atoms with Crippen LogP contribution in [0.3, 0.4) is 0 Å². The third-order valence-corrected chi connectivity index (χ3v) is 2.30. The van der Waals surface area contributed by atoms with E-state index in [2.05, 4.69) is 36.0 Å². The predicted molar refractivity (Wildman–Crippen MR) is 62.2 cm³/mol. The Bertz CT molecular complexity index is 267. The Morgan fingerprint density at radius 3 is 2.69 bits per heavy atom. The van der Waals surface area contributed by atoms with Crippen LogP contribution in [0.25, 0.3) is 0 Å². The molecule has 0 fully saturated rings. The van der Waals surface area contributed by atoms with Crippen molar-refractivity contribution in [3.8, 4) is 0 Å². The summed E-state index contributed by atoms with van der Waals surface area (Å²) >= 11 is 1.74. The average Bonchev–Trinajstić information content (AvgIpc) is 2.17. The smallest absolute Gasteiger partial charge is 0.0365 e. The molecule has 1 aromatic carbocycles. The topological polar surface area (TPSA) is 12.0 Å². The van der Waals surface area contributed by atoms with Crippen molar-refractivity contribution in [2.24, 2.45) is 0 Å². The summed E-state index contributed by atoms with van der Waals surface area (Å²) in [5, 5.41) is 5.51. The van der Waals surface area contributed by atoms with Crippen LogP contribution < -0.4 is 5.32 Å². The van der Waals surface area contributed by atoms with E-state index in [4.69, 9.17) is 0 Å². The normalized spacial score (nSPS) is 11.4. The lowest BCUT2D eigenvalue weighted by Gasteiger charge is -2.05. The maximum Gasteiger partial charge on any atom is 0.0365 e. The van der Waals surface area contributed by atoms with Crippen LogP contribution in [0.15, 0.2) is 41.3 Å². The van der Waals surface area contributed by atoms with Crippen molar-refractivity contribution < 1.29 is 0 Å². The van der Waals surface area contributed by atoms with Crippen molar-refractivity contribution in [2.45, 2.75) is 6.92 Å². The highest BCUT2D eigenvalue weighted by atomic mass is 32.2. The first-order chi connectivity index (χ1) is 6.33. The summed E-state index contributed by atoms with van der Waals surface area (Å²) in [7, 11) is 0. The molecule has 0 bridgehead atoms. The molecule has 0 spiro atoms. The highest BCUT2D eigenvalue weighted by Crippen LogP contribution is 2.07. The minimum atomic E-state index is 0.921. The van der Waals surface area contributed by atoms with Crippen molar-refractivity contribution in [3.63, 3.8) is 0 Å². The van der Waals surface area contributed by atoms with Crippen molar-refractivity contribution in [2.75, 3.05) is 18.1 Å². The van der Waals surface area contributed by atoms with Crippen molar-refractivity contribution in [1.82, 2.24) is 0 Å². The predicted octanol–water partition coefficient (Wildman–Crippen LogP) is 3.37. The van der Waals surface area contributed by atoms with Gasteiger partial charge in [-0.15, -0.1) is 11.8 Å². The van der Waals surface area contributed by atoms with E-state index in [1.807, 2.05) is 18.2 Å². The van der Waals surface area contributed by atoms with Crippen LogP contribution in [0.2, 0.25) is 0 Å². The molecular formula is C11H15NS. The lowest BCUT2D eigenvalue weighted by atomic mass is 10.3. The van der Waals surface area contributed by atoms with Crippen molar-refractivity contribution >= 4 is 17.4 Å². The molecule has 0 atom stereocenters. The van der Waals surface area contributed by atoms with E-state index in [9.17, 15) is 0 Å². The fourth-order valence-electron chi connectivity index (χ4n) is 1.04. The van der Waals surface area contributed by atoms with E-state index in [1.54, 1.807) is 11.8 Å². The fourth-order valence-corrected chi connectivity index (χ4v) is 1.53. The molecule has 1 aromatic rings. The van der Waals surface area contributed by atoms with Gasteiger partial charge in [0.25, 0.3) is 0 Å². The van der Waals surface area contributed by atoms with Crippen LogP contribution in [-0.2, 0) is 0 Å². The highest BCUT2D eigenvalue weighted by Gasteiger charge is 1.89. The molecule has 70 valence electrons. The van der Waals surface area contributed by atoms with Gasteiger partial charge in [0.15, 0.2) is 0 Å². The molecule has 0 amide bonds. The number of nitrogens with one attached hydrogen (secondary N) is 1. The Kier molecular flexibility index (Phi) is 4.47.